The second-order valence-electron chi connectivity index (χ2n) is 7.69. The van der Waals surface area contributed by atoms with Gasteiger partial charge in [-0.3, -0.25) is 4.57 Å². The van der Waals surface area contributed by atoms with Gasteiger partial charge in [0.25, 0.3) is 0 Å². The molecule has 4 aromatic heterocycles. The van der Waals surface area contributed by atoms with E-state index in [-0.39, 0.29) is 11.3 Å². The molecule has 0 saturated carbocycles. The Balaban J connectivity index is 1.25. The van der Waals surface area contributed by atoms with Crippen molar-refractivity contribution in [2.45, 2.75) is 6.04 Å². The summed E-state index contributed by atoms with van der Waals surface area (Å²) < 4.78 is 7.02. The van der Waals surface area contributed by atoms with Gasteiger partial charge in [0, 0.05) is 63.3 Å². The van der Waals surface area contributed by atoms with Crippen LogP contribution in [0.4, 0.5) is 11.9 Å². The molecule has 1 fully saturated rings. The fourth-order valence-corrected chi connectivity index (χ4v) is 3.92. The number of pyridine rings is 1. The van der Waals surface area contributed by atoms with Crippen molar-refractivity contribution in [2.75, 3.05) is 43.2 Å². The van der Waals surface area contributed by atoms with Crippen molar-refractivity contribution in [3.05, 3.63) is 71.9 Å². The quantitative estimate of drug-likeness (QED) is 0.384. The van der Waals surface area contributed by atoms with E-state index in [1.165, 1.54) is 6.33 Å². The van der Waals surface area contributed by atoms with Gasteiger partial charge in [0.15, 0.2) is 0 Å². The topological polar surface area (TPSA) is 111 Å². The molecular formula is C23H21ClN10O. The van der Waals surface area contributed by atoms with Crippen molar-refractivity contribution in [3.8, 4) is 17.7 Å². The van der Waals surface area contributed by atoms with E-state index in [0.717, 1.165) is 18.7 Å². The lowest BCUT2D eigenvalue weighted by Crippen LogP contribution is -2.56. The second-order valence-corrected chi connectivity index (χ2v) is 8.03. The standard InChI is InChI=1S/C23H21ClN10O/c1-35-15-19-14-32(9-10-33(19)23-25-7-2-8-26-23)22-28-12-18(13-29-22)4-3-17-5-6-20(27-11-17)34-16-30-31-21(34)24/h2,5-8,11-13,16,19H,9-10,14-15H2,1H3/t19-/m1/s1. The molecule has 35 heavy (non-hydrogen) atoms. The highest BCUT2D eigenvalue weighted by atomic mass is 35.5. The maximum absolute atomic E-state index is 5.97. The Hall–Kier alpha value is -4.14. The van der Waals surface area contributed by atoms with Crippen molar-refractivity contribution in [2.24, 2.45) is 0 Å². The third kappa shape index (κ3) is 5.18. The first-order valence-electron chi connectivity index (χ1n) is 10.8. The molecule has 0 aliphatic carbocycles. The lowest BCUT2D eigenvalue weighted by molar-refractivity contribution is 0.173. The fourth-order valence-electron chi connectivity index (χ4n) is 3.75. The van der Waals surface area contributed by atoms with Crippen LogP contribution in [0.2, 0.25) is 5.28 Å². The highest BCUT2D eigenvalue weighted by molar-refractivity contribution is 6.28. The summed E-state index contributed by atoms with van der Waals surface area (Å²) in [6, 6.07) is 5.55. The summed E-state index contributed by atoms with van der Waals surface area (Å²) in [4.78, 5) is 26.5. The van der Waals surface area contributed by atoms with Gasteiger partial charge in [-0.1, -0.05) is 11.8 Å². The Labute approximate surface area is 206 Å². The molecule has 12 heteroatoms. The lowest BCUT2D eigenvalue weighted by Gasteiger charge is -2.41. The maximum Gasteiger partial charge on any atom is 0.230 e. The number of rotatable bonds is 5. The van der Waals surface area contributed by atoms with E-state index < -0.39 is 0 Å². The zero-order valence-corrected chi connectivity index (χ0v) is 19.6. The van der Waals surface area contributed by atoms with Gasteiger partial charge in [-0.05, 0) is 29.8 Å². The third-order valence-corrected chi connectivity index (χ3v) is 5.68. The van der Waals surface area contributed by atoms with E-state index in [1.807, 2.05) is 12.1 Å². The van der Waals surface area contributed by atoms with Gasteiger partial charge in [0.1, 0.15) is 12.1 Å². The SMILES string of the molecule is COC[C@H]1CN(c2ncc(C#Cc3ccc(-n4cnnc4Cl)nc3)cn2)CCN1c1ncccn1. The Bertz CT molecular complexity index is 1320. The van der Waals surface area contributed by atoms with Gasteiger partial charge in [-0.25, -0.2) is 24.9 Å². The Morgan fingerprint density at radius 2 is 1.74 bits per heavy atom. The third-order valence-electron chi connectivity index (χ3n) is 5.42. The number of anilines is 2. The van der Waals surface area contributed by atoms with Crippen molar-refractivity contribution in [3.63, 3.8) is 0 Å². The summed E-state index contributed by atoms with van der Waals surface area (Å²) in [5.74, 6) is 8.13. The average Bonchev–Trinajstić information content (AvgIpc) is 3.34. The van der Waals surface area contributed by atoms with E-state index in [2.05, 4.69) is 56.8 Å². The molecule has 176 valence electrons. The molecule has 1 aliphatic heterocycles. The Kier molecular flexibility index (Phi) is 6.74. The van der Waals surface area contributed by atoms with Crippen LogP contribution >= 0.6 is 11.6 Å². The number of nitrogens with zero attached hydrogens (tertiary/aromatic N) is 10. The predicted molar refractivity (Wildman–Crippen MR) is 129 cm³/mol. The molecule has 0 bridgehead atoms. The fraction of sp³-hybridized carbons (Fsp3) is 0.261. The van der Waals surface area contributed by atoms with E-state index in [0.29, 0.717) is 36.4 Å². The summed E-state index contributed by atoms with van der Waals surface area (Å²) in [6.45, 7) is 2.74. The van der Waals surface area contributed by atoms with Crippen LogP contribution in [0.25, 0.3) is 5.82 Å². The van der Waals surface area contributed by atoms with Crippen molar-refractivity contribution >= 4 is 23.5 Å². The number of methoxy groups -OCH3 is 1. The van der Waals surface area contributed by atoms with Gasteiger partial charge < -0.3 is 14.5 Å². The molecule has 0 spiro atoms. The zero-order valence-electron chi connectivity index (χ0n) is 18.9. The van der Waals surface area contributed by atoms with Crippen molar-refractivity contribution in [1.29, 1.82) is 0 Å². The molecule has 0 unspecified atom stereocenters. The normalized spacial score (nSPS) is 15.5. The molecule has 1 atom stereocenters. The Morgan fingerprint density at radius 3 is 2.43 bits per heavy atom. The summed E-state index contributed by atoms with van der Waals surface area (Å²) in [5, 5.41) is 7.74. The van der Waals surface area contributed by atoms with Gasteiger partial charge >= 0.3 is 0 Å². The first-order chi connectivity index (χ1) is 17.2. The second kappa shape index (κ2) is 10.4. The molecule has 1 saturated heterocycles. The molecule has 0 aromatic carbocycles. The van der Waals surface area contributed by atoms with E-state index >= 15 is 0 Å². The van der Waals surface area contributed by atoms with Gasteiger partial charge in [-0.15, -0.1) is 10.2 Å². The van der Waals surface area contributed by atoms with Crippen LogP contribution in [0.15, 0.2) is 55.5 Å². The minimum Gasteiger partial charge on any atom is -0.382 e. The number of piperazine rings is 1. The van der Waals surface area contributed by atoms with Crippen molar-refractivity contribution < 1.29 is 4.74 Å². The monoisotopic (exact) mass is 488 g/mol. The van der Waals surface area contributed by atoms with Crippen molar-refractivity contribution in [1.82, 2.24) is 39.7 Å². The number of hydrogen-bond donors (Lipinski definition) is 0. The van der Waals surface area contributed by atoms with Crippen LogP contribution < -0.4 is 9.80 Å². The minimum atomic E-state index is 0.0858. The van der Waals surface area contributed by atoms with Crippen LogP contribution in [0.1, 0.15) is 11.1 Å². The summed E-state index contributed by atoms with van der Waals surface area (Å²) in [5.41, 5.74) is 1.47. The number of hydrogen-bond acceptors (Lipinski definition) is 10. The molecule has 4 aromatic rings. The first kappa shape index (κ1) is 22.6. The molecule has 1 aliphatic rings. The van der Waals surface area contributed by atoms with Crippen LogP contribution in [-0.4, -0.2) is 79.1 Å². The minimum absolute atomic E-state index is 0.0858. The molecule has 11 nitrogen and oxygen atoms in total. The van der Waals surface area contributed by atoms with Crippen LogP contribution in [0.5, 0.6) is 0 Å². The number of aromatic nitrogens is 8. The highest BCUT2D eigenvalue weighted by Gasteiger charge is 2.29. The lowest BCUT2D eigenvalue weighted by atomic mass is 10.2. The van der Waals surface area contributed by atoms with Gasteiger partial charge in [-0.2, -0.15) is 0 Å². The van der Waals surface area contributed by atoms with Crippen LogP contribution in [0, 0.1) is 11.8 Å². The van der Waals surface area contributed by atoms with E-state index in [4.69, 9.17) is 16.3 Å². The summed E-state index contributed by atoms with van der Waals surface area (Å²) in [7, 11) is 1.69. The van der Waals surface area contributed by atoms with Gasteiger partial charge in [0.05, 0.1) is 18.2 Å². The molecule has 0 amide bonds. The summed E-state index contributed by atoms with van der Waals surface area (Å²) >= 11 is 5.97. The average molecular weight is 489 g/mol. The van der Waals surface area contributed by atoms with Crippen LogP contribution in [0.3, 0.4) is 0 Å². The smallest absolute Gasteiger partial charge is 0.230 e. The van der Waals surface area contributed by atoms with Crippen LogP contribution in [-0.2, 0) is 4.74 Å². The Morgan fingerprint density at radius 1 is 0.971 bits per heavy atom. The zero-order chi connectivity index (χ0) is 24.0. The largest absolute Gasteiger partial charge is 0.382 e. The summed E-state index contributed by atoms with van der Waals surface area (Å²) in [6.07, 6.45) is 10.1. The van der Waals surface area contributed by atoms with E-state index in [1.54, 1.807) is 48.7 Å². The number of ether oxygens (including phenoxy) is 1. The first-order valence-corrected chi connectivity index (χ1v) is 11.2. The highest BCUT2D eigenvalue weighted by Crippen LogP contribution is 2.19. The molecule has 5 rings (SSSR count). The predicted octanol–water partition coefficient (Wildman–Crippen LogP) is 1.64. The molecule has 0 radical (unpaired) electrons. The molecule has 5 heterocycles. The molecular weight excluding hydrogens is 468 g/mol. The molecule has 0 N–H and O–H groups in total. The number of halogens is 1. The van der Waals surface area contributed by atoms with Gasteiger partial charge in [0.2, 0.25) is 17.2 Å². The van der Waals surface area contributed by atoms with E-state index in [9.17, 15) is 0 Å². The maximum atomic E-state index is 5.97.